The summed E-state index contributed by atoms with van der Waals surface area (Å²) in [5.41, 5.74) is 3.63. The predicted molar refractivity (Wildman–Crippen MR) is 87.0 cm³/mol. The monoisotopic (exact) mass is 299 g/mol. The van der Waals surface area contributed by atoms with Crippen LogP contribution in [-0.2, 0) is 17.8 Å². The highest BCUT2D eigenvalue weighted by atomic mass is 16.5. The van der Waals surface area contributed by atoms with E-state index in [1.165, 1.54) is 5.56 Å². The topological polar surface area (TPSA) is 58.6 Å². The standard InChI is InChI=1S/C18H21NO3/c1-3-14-6-8-16(9-7-14)22-12-18(21)19-17-10-15(11-20)5-4-13(17)2/h4-10,20H,3,11-12H2,1-2H3,(H,19,21). The molecule has 2 N–H and O–H groups in total. The highest BCUT2D eigenvalue weighted by Gasteiger charge is 2.07. The molecular weight excluding hydrogens is 278 g/mol. The molecule has 4 heteroatoms. The zero-order chi connectivity index (χ0) is 15.9. The summed E-state index contributed by atoms with van der Waals surface area (Å²) in [5.74, 6) is 0.450. The Morgan fingerprint density at radius 1 is 1.14 bits per heavy atom. The average Bonchev–Trinajstić information content (AvgIpc) is 2.55. The van der Waals surface area contributed by atoms with E-state index in [2.05, 4.69) is 12.2 Å². The quantitative estimate of drug-likeness (QED) is 0.862. The summed E-state index contributed by atoms with van der Waals surface area (Å²) in [7, 11) is 0. The van der Waals surface area contributed by atoms with Crippen LogP contribution in [-0.4, -0.2) is 17.6 Å². The minimum Gasteiger partial charge on any atom is -0.484 e. The number of carbonyl (C=O) groups excluding carboxylic acids is 1. The molecule has 116 valence electrons. The number of nitrogens with one attached hydrogen (secondary N) is 1. The zero-order valence-corrected chi connectivity index (χ0v) is 12.9. The van der Waals surface area contributed by atoms with Crippen LogP contribution >= 0.6 is 0 Å². The van der Waals surface area contributed by atoms with Crippen LogP contribution in [0.1, 0.15) is 23.6 Å². The third-order valence-corrected chi connectivity index (χ3v) is 3.46. The summed E-state index contributed by atoms with van der Waals surface area (Å²) in [5, 5.41) is 11.9. The van der Waals surface area contributed by atoms with E-state index in [0.717, 1.165) is 17.5 Å². The maximum Gasteiger partial charge on any atom is 0.262 e. The maximum absolute atomic E-state index is 12.0. The van der Waals surface area contributed by atoms with Gasteiger partial charge in [0.15, 0.2) is 6.61 Å². The fourth-order valence-corrected chi connectivity index (χ4v) is 2.06. The van der Waals surface area contributed by atoms with Gasteiger partial charge in [0, 0.05) is 5.69 Å². The van der Waals surface area contributed by atoms with Crippen LogP contribution < -0.4 is 10.1 Å². The molecule has 0 spiro atoms. The van der Waals surface area contributed by atoms with Crippen molar-refractivity contribution in [2.75, 3.05) is 11.9 Å². The van der Waals surface area contributed by atoms with Gasteiger partial charge in [0.1, 0.15) is 5.75 Å². The fourth-order valence-electron chi connectivity index (χ4n) is 2.06. The summed E-state index contributed by atoms with van der Waals surface area (Å²) < 4.78 is 5.47. The first-order chi connectivity index (χ1) is 10.6. The third kappa shape index (κ3) is 4.33. The Bertz CT molecular complexity index is 635. The first-order valence-corrected chi connectivity index (χ1v) is 7.34. The van der Waals surface area contributed by atoms with Gasteiger partial charge in [-0.05, 0) is 48.2 Å². The lowest BCUT2D eigenvalue weighted by molar-refractivity contribution is -0.118. The Balaban J connectivity index is 1.92. The van der Waals surface area contributed by atoms with Crippen molar-refractivity contribution >= 4 is 11.6 Å². The van der Waals surface area contributed by atoms with Gasteiger partial charge in [-0.15, -0.1) is 0 Å². The summed E-state index contributed by atoms with van der Waals surface area (Å²) in [4.78, 5) is 12.0. The second kappa shape index (κ2) is 7.61. The van der Waals surface area contributed by atoms with E-state index in [0.29, 0.717) is 11.4 Å². The van der Waals surface area contributed by atoms with Crippen molar-refractivity contribution in [3.63, 3.8) is 0 Å². The minimum atomic E-state index is -0.224. The SMILES string of the molecule is CCc1ccc(OCC(=O)Nc2cc(CO)ccc2C)cc1. The number of ether oxygens (including phenoxy) is 1. The number of hydrogen-bond acceptors (Lipinski definition) is 3. The molecule has 0 aromatic heterocycles. The molecule has 0 bridgehead atoms. The van der Waals surface area contributed by atoms with Crippen molar-refractivity contribution in [1.29, 1.82) is 0 Å². The van der Waals surface area contributed by atoms with E-state index >= 15 is 0 Å². The predicted octanol–water partition coefficient (Wildman–Crippen LogP) is 3.07. The molecule has 0 atom stereocenters. The molecule has 0 fully saturated rings. The van der Waals surface area contributed by atoms with Gasteiger partial charge in [0.05, 0.1) is 6.61 Å². The largest absolute Gasteiger partial charge is 0.484 e. The van der Waals surface area contributed by atoms with Gasteiger partial charge in [-0.1, -0.05) is 31.2 Å². The Kier molecular flexibility index (Phi) is 5.55. The highest BCUT2D eigenvalue weighted by Crippen LogP contribution is 2.17. The van der Waals surface area contributed by atoms with Crippen molar-refractivity contribution in [2.24, 2.45) is 0 Å². The van der Waals surface area contributed by atoms with Crippen LogP contribution in [0.15, 0.2) is 42.5 Å². The lowest BCUT2D eigenvalue weighted by atomic mass is 10.1. The van der Waals surface area contributed by atoms with E-state index in [1.807, 2.05) is 43.3 Å². The number of rotatable bonds is 6. The molecule has 0 aliphatic carbocycles. The number of aliphatic hydroxyl groups excluding tert-OH is 1. The maximum atomic E-state index is 12.0. The van der Waals surface area contributed by atoms with Crippen LogP contribution in [0.25, 0.3) is 0 Å². The van der Waals surface area contributed by atoms with Gasteiger partial charge in [0.25, 0.3) is 5.91 Å². The Morgan fingerprint density at radius 3 is 2.45 bits per heavy atom. The molecule has 1 amide bonds. The number of hydrogen-bond donors (Lipinski definition) is 2. The molecule has 22 heavy (non-hydrogen) atoms. The van der Waals surface area contributed by atoms with Crippen molar-refractivity contribution in [3.05, 3.63) is 59.2 Å². The van der Waals surface area contributed by atoms with E-state index < -0.39 is 0 Å². The van der Waals surface area contributed by atoms with Crippen molar-refractivity contribution < 1.29 is 14.6 Å². The second-order valence-corrected chi connectivity index (χ2v) is 5.14. The van der Waals surface area contributed by atoms with E-state index in [9.17, 15) is 4.79 Å². The summed E-state index contributed by atoms with van der Waals surface area (Å²) in [6.45, 7) is 3.89. The normalized spacial score (nSPS) is 10.3. The summed E-state index contributed by atoms with van der Waals surface area (Å²) in [6.07, 6.45) is 0.973. The van der Waals surface area contributed by atoms with E-state index in [4.69, 9.17) is 9.84 Å². The second-order valence-electron chi connectivity index (χ2n) is 5.14. The van der Waals surface area contributed by atoms with Gasteiger partial charge >= 0.3 is 0 Å². The van der Waals surface area contributed by atoms with E-state index in [1.54, 1.807) is 6.07 Å². The van der Waals surface area contributed by atoms with Crippen LogP contribution in [0.4, 0.5) is 5.69 Å². The van der Waals surface area contributed by atoms with Crippen LogP contribution in [0.3, 0.4) is 0 Å². The molecule has 2 aromatic rings. The van der Waals surface area contributed by atoms with Crippen molar-refractivity contribution in [3.8, 4) is 5.75 Å². The van der Waals surface area contributed by atoms with Gasteiger partial charge < -0.3 is 15.2 Å². The Labute approximate surface area is 130 Å². The molecule has 0 unspecified atom stereocenters. The molecule has 0 aliphatic rings. The molecule has 0 saturated carbocycles. The molecule has 0 heterocycles. The molecule has 0 saturated heterocycles. The summed E-state index contributed by atoms with van der Waals surface area (Å²) >= 11 is 0. The fraction of sp³-hybridized carbons (Fsp3) is 0.278. The highest BCUT2D eigenvalue weighted by molar-refractivity contribution is 5.92. The molecule has 4 nitrogen and oxygen atoms in total. The third-order valence-electron chi connectivity index (χ3n) is 3.46. The average molecular weight is 299 g/mol. The number of carbonyl (C=O) groups is 1. The first kappa shape index (κ1) is 16.0. The number of aliphatic hydroxyl groups is 1. The minimum absolute atomic E-state index is 0.0474. The number of benzene rings is 2. The zero-order valence-electron chi connectivity index (χ0n) is 12.9. The summed E-state index contributed by atoms with van der Waals surface area (Å²) in [6, 6.07) is 13.2. The lowest BCUT2D eigenvalue weighted by Gasteiger charge is -2.11. The van der Waals surface area contributed by atoms with Gasteiger partial charge in [-0.2, -0.15) is 0 Å². The van der Waals surface area contributed by atoms with Crippen molar-refractivity contribution in [1.82, 2.24) is 0 Å². The molecular formula is C18H21NO3. The molecule has 0 radical (unpaired) electrons. The van der Waals surface area contributed by atoms with Crippen LogP contribution in [0, 0.1) is 6.92 Å². The Hall–Kier alpha value is -2.33. The van der Waals surface area contributed by atoms with Gasteiger partial charge in [0.2, 0.25) is 0 Å². The molecule has 2 rings (SSSR count). The Morgan fingerprint density at radius 2 is 1.82 bits per heavy atom. The first-order valence-electron chi connectivity index (χ1n) is 7.34. The number of anilines is 1. The molecule has 0 aliphatic heterocycles. The van der Waals surface area contributed by atoms with Crippen molar-refractivity contribution in [2.45, 2.75) is 26.9 Å². The van der Waals surface area contributed by atoms with Gasteiger partial charge in [-0.25, -0.2) is 0 Å². The van der Waals surface area contributed by atoms with Gasteiger partial charge in [-0.3, -0.25) is 4.79 Å². The van der Waals surface area contributed by atoms with Crippen LogP contribution in [0.2, 0.25) is 0 Å². The van der Waals surface area contributed by atoms with Crippen LogP contribution in [0.5, 0.6) is 5.75 Å². The number of amides is 1. The van der Waals surface area contributed by atoms with E-state index in [-0.39, 0.29) is 19.1 Å². The lowest BCUT2D eigenvalue weighted by Crippen LogP contribution is -2.20. The molecule has 2 aromatic carbocycles. The number of aryl methyl sites for hydroxylation is 2. The smallest absolute Gasteiger partial charge is 0.262 e.